The minimum atomic E-state index is 0.605. The van der Waals surface area contributed by atoms with E-state index >= 15 is 0 Å². The maximum atomic E-state index is 2.57. The summed E-state index contributed by atoms with van der Waals surface area (Å²) in [5.41, 5.74) is 0.605. The van der Waals surface area contributed by atoms with Crippen molar-refractivity contribution in [3.05, 3.63) is 0 Å². The maximum absolute atomic E-state index is 2.57. The second kappa shape index (κ2) is 14.9. The molecule has 0 radical (unpaired) electrons. The number of unbranched alkanes of at least 4 members (excludes halogenated alkanes) is 11. The van der Waals surface area contributed by atoms with Crippen molar-refractivity contribution >= 4 is 0 Å². The van der Waals surface area contributed by atoms with Gasteiger partial charge in [0.15, 0.2) is 0 Å². The Bertz CT molecular complexity index is 329. The Hall–Kier alpha value is 0. The lowest BCUT2D eigenvalue weighted by atomic mass is 9.79. The smallest absolute Gasteiger partial charge is 0.0323 e. The van der Waals surface area contributed by atoms with E-state index in [9.17, 15) is 0 Å². The summed E-state index contributed by atoms with van der Waals surface area (Å²) in [5, 5.41) is 0. The van der Waals surface area contributed by atoms with Crippen LogP contribution in [0.1, 0.15) is 150 Å². The monoisotopic (exact) mass is 378 g/mol. The number of rotatable bonds is 19. The van der Waals surface area contributed by atoms with Crippen molar-refractivity contribution in [3.8, 4) is 0 Å². The van der Waals surface area contributed by atoms with Gasteiger partial charge in [0, 0.05) is 0 Å². The van der Waals surface area contributed by atoms with Crippen LogP contribution in [0.3, 0.4) is 0 Å². The van der Waals surface area contributed by atoms with E-state index in [0.717, 1.165) is 17.8 Å². The fourth-order valence-corrected chi connectivity index (χ4v) is 5.40. The zero-order chi connectivity index (χ0) is 20.0. The van der Waals surface area contributed by atoms with Crippen LogP contribution in [-0.4, -0.2) is 0 Å². The summed E-state index contributed by atoms with van der Waals surface area (Å²) in [6.45, 7) is 12.2. The molecule has 1 saturated carbocycles. The van der Waals surface area contributed by atoms with Gasteiger partial charge in [-0.15, -0.1) is 0 Å². The molecule has 0 spiro atoms. The average molecular weight is 379 g/mol. The van der Waals surface area contributed by atoms with Crippen molar-refractivity contribution in [2.75, 3.05) is 0 Å². The Labute approximate surface area is 173 Å². The molecule has 0 aromatic heterocycles. The normalized spacial score (nSPS) is 20.8. The van der Waals surface area contributed by atoms with Crippen molar-refractivity contribution < 1.29 is 0 Å². The molecule has 0 saturated heterocycles. The molecule has 0 amide bonds. The fourth-order valence-electron chi connectivity index (χ4n) is 5.40. The van der Waals surface area contributed by atoms with E-state index in [0.29, 0.717) is 5.41 Å². The van der Waals surface area contributed by atoms with E-state index in [-0.39, 0.29) is 0 Å². The van der Waals surface area contributed by atoms with Crippen LogP contribution < -0.4 is 0 Å². The fraction of sp³-hybridized carbons (Fsp3) is 1.00. The second-order valence-corrected chi connectivity index (χ2v) is 10.5. The molecule has 3 unspecified atom stereocenters. The van der Waals surface area contributed by atoms with Gasteiger partial charge in [-0.1, -0.05) is 131 Å². The Morgan fingerprint density at radius 3 is 1.70 bits per heavy atom. The summed E-state index contributed by atoms with van der Waals surface area (Å²) < 4.78 is 0. The van der Waals surface area contributed by atoms with E-state index in [1.165, 1.54) is 116 Å². The van der Waals surface area contributed by atoms with Crippen LogP contribution >= 0.6 is 0 Å². The van der Waals surface area contributed by atoms with Crippen molar-refractivity contribution in [3.63, 3.8) is 0 Å². The molecule has 0 aromatic rings. The third-order valence-corrected chi connectivity index (χ3v) is 7.51. The molecule has 1 fully saturated rings. The van der Waals surface area contributed by atoms with E-state index in [1.54, 1.807) is 0 Å². The Morgan fingerprint density at radius 2 is 1.22 bits per heavy atom. The van der Waals surface area contributed by atoms with Gasteiger partial charge in [0.1, 0.15) is 0 Å². The third-order valence-electron chi connectivity index (χ3n) is 7.51. The maximum Gasteiger partial charge on any atom is -0.0323 e. The summed E-state index contributed by atoms with van der Waals surface area (Å²) in [4.78, 5) is 0. The molecule has 0 aliphatic heterocycles. The van der Waals surface area contributed by atoms with Gasteiger partial charge in [-0.2, -0.15) is 0 Å². The largest absolute Gasteiger partial charge is 0.0654 e. The molecule has 1 aliphatic carbocycles. The molecule has 27 heavy (non-hydrogen) atoms. The highest BCUT2D eigenvalue weighted by Gasteiger charge is 2.46. The Kier molecular flexibility index (Phi) is 13.8. The first kappa shape index (κ1) is 25.0. The molecule has 0 bridgehead atoms. The van der Waals surface area contributed by atoms with E-state index in [2.05, 4.69) is 34.6 Å². The van der Waals surface area contributed by atoms with E-state index in [1.807, 2.05) is 0 Å². The summed E-state index contributed by atoms with van der Waals surface area (Å²) in [5.74, 6) is 3.11. The Balaban J connectivity index is 1.97. The van der Waals surface area contributed by atoms with Crippen molar-refractivity contribution in [1.29, 1.82) is 0 Å². The molecule has 0 heterocycles. The van der Waals surface area contributed by atoms with Crippen molar-refractivity contribution in [2.45, 2.75) is 150 Å². The topological polar surface area (TPSA) is 0 Å². The molecule has 0 heteroatoms. The summed E-state index contributed by atoms with van der Waals surface area (Å²) in [7, 11) is 0. The van der Waals surface area contributed by atoms with E-state index < -0.39 is 0 Å². The SMILES string of the molecule is CCCCCCCCCCCCCCC(C)(C)C1CC1CC(CC)CCC. The lowest BCUT2D eigenvalue weighted by Gasteiger charge is -2.26. The predicted octanol–water partition coefficient (Wildman–Crippen LogP) is 9.96. The van der Waals surface area contributed by atoms with Crippen LogP contribution in [-0.2, 0) is 0 Å². The molecule has 1 aliphatic rings. The summed E-state index contributed by atoms with van der Waals surface area (Å²) in [6, 6.07) is 0. The second-order valence-electron chi connectivity index (χ2n) is 10.5. The highest BCUT2D eigenvalue weighted by molar-refractivity contribution is 4.96. The van der Waals surface area contributed by atoms with Gasteiger partial charge < -0.3 is 0 Å². The minimum absolute atomic E-state index is 0.605. The molecule has 0 N–H and O–H groups in total. The highest BCUT2D eigenvalue weighted by atomic mass is 14.5. The highest BCUT2D eigenvalue weighted by Crippen LogP contribution is 2.56. The lowest BCUT2D eigenvalue weighted by Crippen LogP contribution is -2.16. The quantitative estimate of drug-likeness (QED) is 0.196. The predicted molar refractivity (Wildman–Crippen MR) is 124 cm³/mol. The van der Waals surface area contributed by atoms with Gasteiger partial charge in [0.05, 0.1) is 0 Å². The zero-order valence-electron chi connectivity index (χ0n) is 20.0. The standard InChI is InChI=1S/C27H54/c1-6-9-10-11-12-13-14-15-16-17-18-19-21-27(4,5)26-23-25(26)22-24(8-3)20-7-2/h24-26H,6-23H2,1-5H3. The Morgan fingerprint density at radius 1 is 0.704 bits per heavy atom. The molecular formula is C27H54. The number of hydrogen-bond donors (Lipinski definition) is 0. The van der Waals surface area contributed by atoms with Gasteiger partial charge in [-0.25, -0.2) is 0 Å². The van der Waals surface area contributed by atoms with Crippen LogP contribution in [0.4, 0.5) is 0 Å². The molecule has 0 nitrogen and oxygen atoms in total. The summed E-state index contributed by atoms with van der Waals surface area (Å²) in [6.07, 6.45) is 26.3. The summed E-state index contributed by atoms with van der Waals surface area (Å²) >= 11 is 0. The first-order valence-electron chi connectivity index (χ1n) is 13.0. The van der Waals surface area contributed by atoms with Gasteiger partial charge in [-0.05, 0) is 42.4 Å². The van der Waals surface area contributed by atoms with Crippen LogP contribution in [0.5, 0.6) is 0 Å². The zero-order valence-corrected chi connectivity index (χ0v) is 20.0. The average Bonchev–Trinajstić information content (AvgIpc) is 3.42. The third kappa shape index (κ3) is 11.6. The van der Waals surface area contributed by atoms with Crippen LogP contribution in [0.2, 0.25) is 0 Å². The van der Waals surface area contributed by atoms with Gasteiger partial charge in [0.2, 0.25) is 0 Å². The minimum Gasteiger partial charge on any atom is -0.0654 e. The molecule has 3 atom stereocenters. The van der Waals surface area contributed by atoms with Gasteiger partial charge >= 0.3 is 0 Å². The van der Waals surface area contributed by atoms with Crippen LogP contribution in [0.15, 0.2) is 0 Å². The van der Waals surface area contributed by atoms with Crippen LogP contribution in [0.25, 0.3) is 0 Å². The molecule has 1 rings (SSSR count). The molecule has 162 valence electrons. The number of hydrogen-bond acceptors (Lipinski definition) is 0. The van der Waals surface area contributed by atoms with Gasteiger partial charge in [-0.3, -0.25) is 0 Å². The molecular weight excluding hydrogens is 324 g/mol. The van der Waals surface area contributed by atoms with Gasteiger partial charge in [0.25, 0.3) is 0 Å². The first-order chi connectivity index (χ1) is 13.0. The van der Waals surface area contributed by atoms with Crippen molar-refractivity contribution in [1.82, 2.24) is 0 Å². The first-order valence-corrected chi connectivity index (χ1v) is 13.0. The lowest BCUT2D eigenvalue weighted by molar-refractivity contribution is 0.245. The molecule has 0 aromatic carbocycles. The van der Waals surface area contributed by atoms with E-state index in [4.69, 9.17) is 0 Å². The van der Waals surface area contributed by atoms with Crippen LogP contribution in [0, 0.1) is 23.2 Å². The van der Waals surface area contributed by atoms with Crippen molar-refractivity contribution in [2.24, 2.45) is 23.2 Å².